The van der Waals surface area contributed by atoms with Crippen LogP contribution in [0.5, 0.6) is 5.75 Å². The Balaban J connectivity index is 1.49. The molecule has 0 aliphatic heterocycles. The van der Waals surface area contributed by atoms with Crippen molar-refractivity contribution in [1.82, 2.24) is 5.43 Å². The van der Waals surface area contributed by atoms with Crippen molar-refractivity contribution in [1.29, 1.82) is 0 Å². The Hall–Kier alpha value is -4.71. The summed E-state index contributed by atoms with van der Waals surface area (Å²) in [4.78, 5) is 25.2. The summed E-state index contributed by atoms with van der Waals surface area (Å²) < 4.78 is 10.9. The molecule has 0 saturated heterocycles. The van der Waals surface area contributed by atoms with Crippen LogP contribution in [0.15, 0.2) is 107 Å². The van der Waals surface area contributed by atoms with Gasteiger partial charge in [-0.2, -0.15) is 5.10 Å². The Kier molecular flexibility index (Phi) is 5.39. The number of rotatable bonds is 5. The molecule has 1 amide bonds. The molecule has 0 aliphatic carbocycles. The fraction of sp³-hybridized carbons (Fsp3) is 0. The number of ether oxygens (including phenoxy) is 1. The Labute approximate surface area is 189 Å². The average molecular weight is 434 g/mol. The van der Waals surface area contributed by atoms with Gasteiger partial charge < -0.3 is 9.15 Å². The van der Waals surface area contributed by atoms with Gasteiger partial charge in [-0.3, -0.25) is 4.79 Å². The van der Waals surface area contributed by atoms with E-state index in [-0.39, 0.29) is 5.76 Å². The highest BCUT2D eigenvalue weighted by atomic mass is 16.5. The number of carbonyl (C=O) groups excluding carboxylic acids is 2. The minimum atomic E-state index is -0.481. The molecular formula is C27H18N2O4. The molecule has 0 bridgehead atoms. The van der Waals surface area contributed by atoms with E-state index in [4.69, 9.17) is 9.15 Å². The lowest BCUT2D eigenvalue weighted by molar-refractivity contribution is 0.0736. The van der Waals surface area contributed by atoms with E-state index in [2.05, 4.69) is 10.5 Å². The monoisotopic (exact) mass is 434 g/mol. The number of furan rings is 1. The van der Waals surface area contributed by atoms with Crippen LogP contribution in [0.3, 0.4) is 0 Å². The van der Waals surface area contributed by atoms with Crippen molar-refractivity contribution in [3.8, 4) is 5.75 Å². The number of nitrogens with one attached hydrogen (secondary N) is 1. The molecule has 33 heavy (non-hydrogen) atoms. The minimum absolute atomic E-state index is 0.146. The average Bonchev–Trinajstić information content (AvgIpc) is 3.40. The lowest BCUT2D eigenvalue weighted by Crippen LogP contribution is -2.17. The number of hydrazone groups is 1. The predicted molar refractivity (Wildman–Crippen MR) is 127 cm³/mol. The van der Waals surface area contributed by atoms with E-state index in [1.165, 1.54) is 12.5 Å². The molecule has 0 aliphatic rings. The van der Waals surface area contributed by atoms with Crippen LogP contribution in [-0.2, 0) is 0 Å². The van der Waals surface area contributed by atoms with Gasteiger partial charge >= 0.3 is 11.9 Å². The van der Waals surface area contributed by atoms with Crippen molar-refractivity contribution in [3.05, 3.63) is 114 Å². The van der Waals surface area contributed by atoms with Crippen LogP contribution in [-0.4, -0.2) is 18.1 Å². The number of carbonyl (C=O) groups is 2. The van der Waals surface area contributed by atoms with Crippen molar-refractivity contribution >= 4 is 39.6 Å². The van der Waals surface area contributed by atoms with E-state index < -0.39 is 11.9 Å². The number of hydrogen-bond donors (Lipinski definition) is 1. The molecule has 160 valence electrons. The quantitative estimate of drug-likeness (QED) is 0.170. The highest BCUT2D eigenvalue weighted by Gasteiger charge is 2.16. The molecule has 1 N–H and O–H groups in total. The molecule has 1 aromatic heterocycles. The van der Waals surface area contributed by atoms with E-state index in [0.717, 1.165) is 21.5 Å². The Bertz CT molecular complexity index is 1500. The third-order valence-corrected chi connectivity index (χ3v) is 5.25. The van der Waals surface area contributed by atoms with Gasteiger partial charge in [0.1, 0.15) is 5.75 Å². The normalized spacial score (nSPS) is 11.2. The highest BCUT2D eigenvalue weighted by molar-refractivity contribution is 6.07. The Morgan fingerprint density at radius 3 is 2.30 bits per heavy atom. The molecular weight excluding hydrogens is 416 g/mol. The number of nitrogens with zero attached hydrogens (tertiary/aromatic N) is 1. The fourth-order valence-corrected chi connectivity index (χ4v) is 3.67. The zero-order valence-electron chi connectivity index (χ0n) is 17.4. The zero-order valence-corrected chi connectivity index (χ0v) is 17.4. The summed E-state index contributed by atoms with van der Waals surface area (Å²) in [6, 6.07) is 27.6. The Morgan fingerprint density at radius 1 is 0.788 bits per heavy atom. The summed E-state index contributed by atoms with van der Waals surface area (Å²) in [5, 5.41) is 7.60. The summed E-state index contributed by atoms with van der Waals surface area (Å²) in [5.74, 6) is -0.475. The van der Waals surface area contributed by atoms with Crippen LogP contribution in [0.1, 0.15) is 26.5 Å². The molecule has 6 heteroatoms. The van der Waals surface area contributed by atoms with Crippen molar-refractivity contribution in [2.24, 2.45) is 5.10 Å². The molecule has 4 aromatic carbocycles. The lowest BCUT2D eigenvalue weighted by Gasteiger charge is -2.11. The second-order valence-corrected chi connectivity index (χ2v) is 7.29. The largest absolute Gasteiger partial charge is 0.459 e. The van der Waals surface area contributed by atoms with Gasteiger partial charge in [0.05, 0.1) is 18.0 Å². The molecule has 0 radical (unpaired) electrons. The number of amides is 1. The van der Waals surface area contributed by atoms with E-state index in [1.54, 1.807) is 24.3 Å². The molecule has 5 rings (SSSR count). The van der Waals surface area contributed by atoms with Gasteiger partial charge in [0.2, 0.25) is 0 Å². The maximum Gasteiger partial charge on any atom is 0.344 e. The van der Waals surface area contributed by atoms with Gasteiger partial charge in [0.15, 0.2) is 5.76 Å². The maximum atomic E-state index is 13.1. The van der Waals surface area contributed by atoms with Crippen LogP contribution in [0, 0.1) is 0 Å². The van der Waals surface area contributed by atoms with Crippen molar-refractivity contribution in [3.63, 3.8) is 0 Å². The lowest BCUT2D eigenvalue weighted by atomic mass is 10.0. The first-order chi connectivity index (χ1) is 16.2. The second kappa shape index (κ2) is 8.80. The first-order valence-corrected chi connectivity index (χ1v) is 10.3. The first kappa shape index (κ1) is 20.2. The van der Waals surface area contributed by atoms with E-state index in [0.29, 0.717) is 16.9 Å². The van der Waals surface area contributed by atoms with Crippen molar-refractivity contribution in [2.75, 3.05) is 0 Å². The zero-order chi connectivity index (χ0) is 22.6. The van der Waals surface area contributed by atoms with Crippen molar-refractivity contribution < 1.29 is 18.7 Å². The molecule has 0 unspecified atom stereocenters. The molecule has 1 heterocycles. The van der Waals surface area contributed by atoms with Gasteiger partial charge in [-0.25, -0.2) is 10.2 Å². The minimum Gasteiger partial charge on any atom is -0.459 e. The van der Waals surface area contributed by atoms with Gasteiger partial charge in [-0.15, -0.1) is 0 Å². The Morgan fingerprint density at radius 2 is 1.52 bits per heavy atom. The standard InChI is InChI=1S/C27H18N2O4/c30-26(25-13-6-16-32-25)29-28-17-23-21-11-4-2-8-19(21)14-15-24(23)33-27(31)22-12-5-9-18-7-1-3-10-20(18)22/h1-17H,(H,29,30)/b28-17-. The SMILES string of the molecule is O=C(N/N=C\c1c(OC(=O)c2cccc3ccccc23)ccc2ccccc12)c1ccco1. The number of hydrogen-bond acceptors (Lipinski definition) is 5. The van der Waals surface area contributed by atoms with E-state index >= 15 is 0 Å². The molecule has 0 spiro atoms. The van der Waals surface area contributed by atoms with Crippen LogP contribution in [0.2, 0.25) is 0 Å². The summed E-state index contributed by atoms with van der Waals surface area (Å²) in [5.41, 5.74) is 3.47. The topological polar surface area (TPSA) is 80.9 Å². The molecule has 0 fully saturated rings. The third-order valence-electron chi connectivity index (χ3n) is 5.25. The fourth-order valence-electron chi connectivity index (χ4n) is 3.67. The van der Waals surface area contributed by atoms with Crippen LogP contribution < -0.4 is 10.2 Å². The van der Waals surface area contributed by atoms with Gasteiger partial charge in [0, 0.05) is 5.56 Å². The summed E-state index contributed by atoms with van der Waals surface area (Å²) >= 11 is 0. The molecule has 0 saturated carbocycles. The van der Waals surface area contributed by atoms with Gasteiger partial charge in [0.25, 0.3) is 0 Å². The second-order valence-electron chi connectivity index (χ2n) is 7.29. The summed E-state index contributed by atoms with van der Waals surface area (Å²) in [6.07, 6.45) is 2.88. The summed E-state index contributed by atoms with van der Waals surface area (Å²) in [7, 11) is 0. The van der Waals surface area contributed by atoms with Crippen LogP contribution in [0.4, 0.5) is 0 Å². The van der Waals surface area contributed by atoms with Crippen molar-refractivity contribution in [2.45, 2.75) is 0 Å². The number of benzene rings is 4. The maximum absolute atomic E-state index is 13.1. The highest BCUT2D eigenvalue weighted by Crippen LogP contribution is 2.28. The third kappa shape index (κ3) is 4.09. The van der Waals surface area contributed by atoms with Crippen LogP contribution in [0.25, 0.3) is 21.5 Å². The molecule has 5 aromatic rings. The first-order valence-electron chi connectivity index (χ1n) is 10.3. The predicted octanol–water partition coefficient (Wildman–Crippen LogP) is 5.57. The number of esters is 1. The molecule has 0 atom stereocenters. The van der Waals surface area contributed by atoms with E-state index in [1.807, 2.05) is 66.7 Å². The summed E-state index contributed by atoms with van der Waals surface area (Å²) in [6.45, 7) is 0. The number of fused-ring (bicyclic) bond motifs is 2. The van der Waals surface area contributed by atoms with E-state index in [9.17, 15) is 9.59 Å². The smallest absolute Gasteiger partial charge is 0.344 e. The van der Waals surface area contributed by atoms with Gasteiger partial charge in [-0.05, 0) is 45.8 Å². The molecule has 6 nitrogen and oxygen atoms in total. The van der Waals surface area contributed by atoms with Gasteiger partial charge in [-0.1, -0.05) is 66.7 Å². The van der Waals surface area contributed by atoms with Crippen LogP contribution >= 0.6 is 0 Å².